The van der Waals surface area contributed by atoms with Gasteiger partial charge in [0.2, 0.25) is 0 Å². The highest BCUT2D eigenvalue weighted by Crippen LogP contribution is 2.00. The molecular weight excluding hydrogens is 216 g/mol. The molecular formula is C12H10N4O. The van der Waals surface area contributed by atoms with Gasteiger partial charge in [-0.25, -0.2) is 18.9 Å². The van der Waals surface area contributed by atoms with Crippen LogP contribution in [0.15, 0.2) is 53.6 Å². The van der Waals surface area contributed by atoms with Crippen molar-refractivity contribution in [3.63, 3.8) is 0 Å². The van der Waals surface area contributed by atoms with Crippen LogP contribution < -0.4 is 5.69 Å². The van der Waals surface area contributed by atoms with Crippen LogP contribution in [0.25, 0.3) is 5.78 Å². The number of hydrogen-bond donors (Lipinski definition) is 0. The van der Waals surface area contributed by atoms with Gasteiger partial charge in [0, 0.05) is 12.4 Å². The van der Waals surface area contributed by atoms with Gasteiger partial charge in [-0.3, -0.25) is 0 Å². The van der Waals surface area contributed by atoms with E-state index >= 15 is 0 Å². The normalized spacial score (nSPS) is 10.8. The van der Waals surface area contributed by atoms with E-state index in [1.165, 1.54) is 9.08 Å². The lowest BCUT2D eigenvalue weighted by atomic mass is 10.2. The van der Waals surface area contributed by atoms with Crippen molar-refractivity contribution in [2.45, 2.75) is 6.54 Å². The molecule has 0 unspecified atom stereocenters. The van der Waals surface area contributed by atoms with Crippen LogP contribution in [0.2, 0.25) is 0 Å². The average Bonchev–Trinajstić information content (AvgIpc) is 2.68. The lowest BCUT2D eigenvalue weighted by Gasteiger charge is -1.98. The van der Waals surface area contributed by atoms with Crippen LogP contribution in [0, 0.1) is 0 Å². The number of rotatable bonds is 2. The fourth-order valence-electron chi connectivity index (χ4n) is 1.72. The first-order chi connectivity index (χ1) is 8.34. The lowest BCUT2D eigenvalue weighted by molar-refractivity contribution is 0.658. The summed E-state index contributed by atoms with van der Waals surface area (Å²) in [5, 5.41) is 4.16. The van der Waals surface area contributed by atoms with E-state index in [9.17, 15) is 4.79 Å². The molecule has 0 N–H and O–H groups in total. The molecule has 0 radical (unpaired) electrons. The second-order valence-electron chi connectivity index (χ2n) is 3.72. The van der Waals surface area contributed by atoms with E-state index in [2.05, 4.69) is 10.1 Å². The minimum absolute atomic E-state index is 0.169. The molecule has 0 amide bonds. The van der Waals surface area contributed by atoms with E-state index in [1.54, 1.807) is 18.5 Å². The Labute approximate surface area is 97.0 Å². The summed E-state index contributed by atoms with van der Waals surface area (Å²) in [6.45, 7) is 0.461. The second kappa shape index (κ2) is 3.86. The third-order valence-electron chi connectivity index (χ3n) is 2.54. The van der Waals surface area contributed by atoms with Crippen LogP contribution in [0.1, 0.15) is 5.56 Å². The smallest absolute Gasteiger partial charge is 0.246 e. The van der Waals surface area contributed by atoms with Gasteiger partial charge in [-0.05, 0) is 11.6 Å². The number of nitrogens with zero attached hydrogens (tertiary/aromatic N) is 4. The zero-order valence-electron chi connectivity index (χ0n) is 9.02. The Morgan fingerprint density at radius 1 is 1.12 bits per heavy atom. The van der Waals surface area contributed by atoms with Gasteiger partial charge in [0.1, 0.15) is 0 Å². The Hall–Kier alpha value is -2.43. The van der Waals surface area contributed by atoms with Crippen molar-refractivity contribution < 1.29 is 0 Å². The second-order valence-corrected chi connectivity index (χ2v) is 3.72. The Bertz CT molecular complexity index is 699. The molecule has 0 saturated carbocycles. The first kappa shape index (κ1) is 9.77. The number of aromatic nitrogens is 4. The van der Waals surface area contributed by atoms with Crippen molar-refractivity contribution in [1.82, 2.24) is 19.2 Å². The molecule has 5 heteroatoms. The minimum Gasteiger partial charge on any atom is -0.246 e. The number of fused-ring (bicyclic) bond motifs is 1. The summed E-state index contributed by atoms with van der Waals surface area (Å²) in [5.41, 5.74) is 0.870. The predicted octanol–water partition coefficient (Wildman–Crippen LogP) is 0.939. The molecule has 0 aliphatic heterocycles. The SMILES string of the molecule is O=c1n(Cc2ccccc2)nc2ncccn12. The maximum Gasteiger partial charge on any atom is 0.351 e. The fourth-order valence-corrected chi connectivity index (χ4v) is 1.72. The van der Waals surface area contributed by atoms with Crippen molar-refractivity contribution >= 4 is 5.78 Å². The van der Waals surface area contributed by atoms with Gasteiger partial charge in [-0.15, -0.1) is 5.10 Å². The van der Waals surface area contributed by atoms with E-state index in [4.69, 9.17) is 0 Å². The third kappa shape index (κ3) is 1.71. The first-order valence-electron chi connectivity index (χ1n) is 5.29. The van der Waals surface area contributed by atoms with Crippen LogP contribution in [-0.2, 0) is 6.54 Å². The molecule has 3 rings (SSSR count). The number of benzene rings is 1. The van der Waals surface area contributed by atoms with Gasteiger partial charge in [-0.1, -0.05) is 30.3 Å². The summed E-state index contributed by atoms with van der Waals surface area (Å²) in [5.74, 6) is 0.424. The van der Waals surface area contributed by atoms with Gasteiger partial charge < -0.3 is 0 Å². The van der Waals surface area contributed by atoms with Crippen LogP contribution in [0.3, 0.4) is 0 Å². The molecule has 5 nitrogen and oxygen atoms in total. The molecule has 0 aliphatic rings. The minimum atomic E-state index is -0.169. The highest BCUT2D eigenvalue weighted by Gasteiger charge is 2.06. The van der Waals surface area contributed by atoms with E-state index in [1.807, 2.05) is 30.3 Å². The van der Waals surface area contributed by atoms with E-state index in [0.717, 1.165) is 5.56 Å². The summed E-state index contributed by atoms with van der Waals surface area (Å²) in [6, 6.07) is 11.5. The maximum atomic E-state index is 12.0. The summed E-state index contributed by atoms with van der Waals surface area (Å²) >= 11 is 0. The van der Waals surface area contributed by atoms with Gasteiger partial charge in [-0.2, -0.15) is 0 Å². The summed E-state index contributed by atoms with van der Waals surface area (Å²) in [7, 11) is 0. The van der Waals surface area contributed by atoms with Crippen LogP contribution in [0.5, 0.6) is 0 Å². The Kier molecular flexibility index (Phi) is 2.22. The topological polar surface area (TPSA) is 52.2 Å². The van der Waals surface area contributed by atoms with Gasteiger partial charge in [0.15, 0.2) is 0 Å². The molecule has 17 heavy (non-hydrogen) atoms. The largest absolute Gasteiger partial charge is 0.351 e. The molecule has 0 bridgehead atoms. The summed E-state index contributed by atoms with van der Waals surface area (Å²) in [6.07, 6.45) is 3.29. The van der Waals surface area contributed by atoms with Crippen LogP contribution >= 0.6 is 0 Å². The molecule has 0 aliphatic carbocycles. The quantitative estimate of drug-likeness (QED) is 0.653. The highest BCUT2D eigenvalue weighted by molar-refractivity contribution is 5.24. The molecule has 2 aromatic heterocycles. The Morgan fingerprint density at radius 2 is 1.94 bits per heavy atom. The molecule has 1 aromatic carbocycles. The molecule has 0 saturated heterocycles. The summed E-state index contributed by atoms with van der Waals surface area (Å²) in [4.78, 5) is 16.0. The van der Waals surface area contributed by atoms with Gasteiger partial charge in [0.25, 0.3) is 5.78 Å². The first-order valence-corrected chi connectivity index (χ1v) is 5.29. The van der Waals surface area contributed by atoms with Crippen LogP contribution in [-0.4, -0.2) is 19.2 Å². The van der Waals surface area contributed by atoms with Crippen molar-refractivity contribution in [2.75, 3.05) is 0 Å². The zero-order chi connectivity index (χ0) is 11.7. The van der Waals surface area contributed by atoms with E-state index in [0.29, 0.717) is 12.3 Å². The Morgan fingerprint density at radius 3 is 2.71 bits per heavy atom. The lowest BCUT2D eigenvalue weighted by Crippen LogP contribution is -2.21. The van der Waals surface area contributed by atoms with Gasteiger partial charge >= 0.3 is 5.69 Å². The third-order valence-corrected chi connectivity index (χ3v) is 2.54. The molecule has 0 fully saturated rings. The van der Waals surface area contributed by atoms with E-state index < -0.39 is 0 Å². The van der Waals surface area contributed by atoms with Crippen molar-refractivity contribution in [3.8, 4) is 0 Å². The monoisotopic (exact) mass is 226 g/mol. The molecule has 3 aromatic rings. The van der Waals surface area contributed by atoms with Crippen molar-refractivity contribution in [1.29, 1.82) is 0 Å². The molecule has 0 spiro atoms. The standard InChI is InChI=1S/C12H10N4O/c17-12-15-8-4-7-13-11(15)14-16(12)9-10-5-2-1-3-6-10/h1-8H,9H2. The van der Waals surface area contributed by atoms with Crippen LogP contribution in [0.4, 0.5) is 0 Å². The summed E-state index contributed by atoms with van der Waals surface area (Å²) < 4.78 is 2.85. The van der Waals surface area contributed by atoms with Crippen molar-refractivity contribution in [2.24, 2.45) is 0 Å². The maximum absolute atomic E-state index is 12.0. The predicted molar refractivity (Wildman–Crippen MR) is 62.8 cm³/mol. The highest BCUT2D eigenvalue weighted by atomic mass is 16.2. The average molecular weight is 226 g/mol. The van der Waals surface area contributed by atoms with E-state index in [-0.39, 0.29) is 5.69 Å². The van der Waals surface area contributed by atoms with Crippen molar-refractivity contribution in [3.05, 3.63) is 64.8 Å². The zero-order valence-corrected chi connectivity index (χ0v) is 9.02. The number of hydrogen-bond acceptors (Lipinski definition) is 3. The fraction of sp³-hybridized carbons (Fsp3) is 0.0833. The Balaban J connectivity index is 2.07. The molecule has 2 heterocycles. The molecule has 84 valence electrons. The van der Waals surface area contributed by atoms with Gasteiger partial charge in [0.05, 0.1) is 6.54 Å². The molecule has 0 atom stereocenters.